The summed E-state index contributed by atoms with van der Waals surface area (Å²) in [4.78, 5) is 0. The number of benzene rings is 1. The van der Waals surface area contributed by atoms with Crippen LogP contribution >= 0.6 is 0 Å². The molecule has 0 saturated heterocycles. The molecule has 2 rings (SSSR count). The highest BCUT2D eigenvalue weighted by Crippen LogP contribution is 2.29. The van der Waals surface area contributed by atoms with Crippen molar-refractivity contribution in [2.75, 3.05) is 13.2 Å². The molecule has 3 nitrogen and oxygen atoms in total. The molecule has 1 aliphatic rings. The monoisotopic (exact) mass is 291 g/mol. The lowest BCUT2D eigenvalue weighted by Crippen LogP contribution is -2.19. The first-order valence-electron chi connectivity index (χ1n) is 8.33. The maximum atomic E-state index is 6.11. The van der Waals surface area contributed by atoms with E-state index in [9.17, 15) is 0 Å². The van der Waals surface area contributed by atoms with E-state index >= 15 is 0 Å². The fourth-order valence-electron chi connectivity index (χ4n) is 2.88. The maximum Gasteiger partial charge on any atom is 0.126 e. The Morgan fingerprint density at radius 3 is 2.67 bits per heavy atom. The van der Waals surface area contributed by atoms with Crippen LogP contribution in [0.3, 0.4) is 0 Å². The first-order chi connectivity index (χ1) is 10.2. The lowest BCUT2D eigenvalue weighted by atomic mass is 10.1. The van der Waals surface area contributed by atoms with Crippen LogP contribution in [0.25, 0.3) is 0 Å². The first kappa shape index (κ1) is 16.2. The normalized spacial score (nSPS) is 16.9. The second-order valence-electron chi connectivity index (χ2n) is 6.26. The number of hydrogen-bond donors (Lipinski definition) is 1. The Hall–Kier alpha value is -1.22. The second-order valence-corrected chi connectivity index (χ2v) is 6.26. The summed E-state index contributed by atoms with van der Waals surface area (Å²) in [6.45, 7) is 5.71. The number of hydrogen-bond acceptors (Lipinski definition) is 3. The second kappa shape index (κ2) is 8.28. The van der Waals surface area contributed by atoms with E-state index in [-0.39, 0.29) is 6.04 Å². The molecule has 3 heteroatoms. The van der Waals surface area contributed by atoms with Crippen LogP contribution in [-0.2, 0) is 6.42 Å². The van der Waals surface area contributed by atoms with Gasteiger partial charge >= 0.3 is 0 Å². The zero-order valence-electron chi connectivity index (χ0n) is 13.4. The number of rotatable bonds is 8. The van der Waals surface area contributed by atoms with Gasteiger partial charge < -0.3 is 15.2 Å². The van der Waals surface area contributed by atoms with Crippen molar-refractivity contribution in [1.82, 2.24) is 0 Å². The van der Waals surface area contributed by atoms with Crippen LogP contribution in [0.15, 0.2) is 18.2 Å². The van der Waals surface area contributed by atoms with Crippen LogP contribution < -0.4 is 15.2 Å². The van der Waals surface area contributed by atoms with Gasteiger partial charge in [-0.2, -0.15) is 0 Å². The summed E-state index contributed by atoms with van der Waals surface area (Å²) in [5, 5.41) is 0. The number of nitrogens with two attached hydrogens (primary N) is 1. The number of ether oxygens (including phenoxy) is 2. The Balaban J connectivity index is 2.04. The highest BCUT2D eigenvalue weighted by Gasteiger charge is 2.17. The van der Waals surface area contributed by atoms with Crippen LogP contribution in [-0.4, -0.2) is 19.3 Å². The van der Waals surface area contributed by atoms with Gasteiger partial charge in [-0.1, -0.05) is 25.8 Å². The van der Waals surface area contributed by atoms with E-state index in [2.05, 4.69) is 13.0 Å². The Labute approximate surface area is 128 Å². The average molecular weight is 291 g/mol. The van der Waals surface area contributed by atoms with Crippen molar-refractivity contribution in [3.05, 3.63) is 23.8 Å². The van der Waals surface area contributed by atoms with Crippen molar-refractivity contribution < 1.29 is 9.47 Å². The van der Waals surface area contributed by atoms with E-state index in [0.717, 1.165) is 37.6 Å². The zero-order chi connectivity index (χ0) is 15.1. The summed E-state index contributed by atoms with van der Waals surface area (Å²) in [5.74, 6) is 2.56. The molecule has 0 bridgehead atoms. The van der Waals surface area contributed by atoms with Gasteiger partial charge in [0.15, 0.2) is 0 Å². The lowest BCUT2D eigenvalue weighted by Gasteiger charge is -2.17. The molecule has 0 aromatic heterocycles. The molecule has 1 fully saturated rings. The van der Waals surface area contributed by atoms with Gasteiger partial charge in [0.05, 0.1) is 13.2 Å². The third-order valence-corrected chi connectivity index (χ3v) is 4.00. The van der Waals surface area contributed by atoms with Gasteiger partial charge in [-0.05, 0) is 50.2 Å². The van der Waals surface area contributed by atoms with Crippen LogP contribution in [0.5, 0.6) is 11.5 Å². The van der Waals surface area contributed by atoms with Crippen molar-refractivity contribution in [1.29, 1.82) is 0 Å². The predicted molar refractivity (Wildman–Crippen MR) is 87.0 cm³/mol. The summed E-state index contributed by atoms with van der Waals surface area (Å²) in [6, 6.07) is 6.29. The molecule has 0 spiro atoms. The quantitative estimate of drug-likeness (QED) is 0.789. The summed E-state index contributed by atoms with van der Waals surface area (Å²) < 4.78 is 11.8. The Kier molecular flexibility index (Phi) is 6.37. The zero-order valence-corrected chi connectivity index (χ0v) is 13.4. The molecule has 21 heavy (non-hydrogen) atoms. The highest BCUT2D eigenvalue weighted by atomic mass is 16.5. The fourth-order valence-corrected chi connectivity index (χ4v) is 2.88. The minimum Gasteiger partial charge on any atom is -0.493 e. The fraction of sp³-hybridized carbons (Fsp3) is 0.667. The van der Waals surface area contributed by atoms with Crippen LogP contribution in [0.4, 0.5) is 0 Å². The van der Waals surface area contributed by atoms with Gasteiger partial charge in [0.1, 0.15) is 11.5 Å². The molecule has 1 aromatic carbocycles. The Bertz CT molecular complexity index is 425. The molecular formula is C18H29NO2. The molecule has 2 N–H and O–H groups in total. The SMILES string of the molecule is CCCOc1ccc(CC(C)N)c(OCC2CCCC2)c1. The van der Waals surface area contributed by atoms with Crippen molar-refractivity contribution in [2.24, 2.45) is 11.7 Å². The molecule has 0 heterocycles. The highest BCUT2D eigenvalue weighted by molar-refractivity contribution is 5.41. The van der Waals surface area contributed by atoms with Gasteiger partial charge in [0.2, 0.25) is 0 Å². The van der Waals surface area contributed by atoms with E-state index < -0.39 is 0 Å². The third kappa shape index (κ3) is 5.24. The standard InChI is InChI=1S/C18H29NO2/c1-3-10-20-17-9-8-16(11-14(2)19)18(12-17)21-13-15-6-4-5-7-15/h8-9,12,14-15H,3-7,10-11,13,19H2,1-2H3. The van der Waals surface area contributed by atoms with Gasteiger partial charge in [0.25, 0.3) is 0 Å². The van der Waals surface area contributed by atoms with Gasteiger partial charge in [0, 0.05) is 12.1 Å². The molecule has 1 unspecified atom stereocenters. The van der Waals surface area contributed by atoms with E-state index in [1.807, 2.05) is 19.1 Å². The van der Waals surface area contributed by atoms with E-state index in [4.69, 9.17) is 15.2 Å². The van der Waals surface area contributed by atoms with Gasteiger partial charge in [-0.3, -0.25) is 0 Å². The average Bonchev–Trinajstić information content (AvgIpc) is 2.97. The minimum absolute atomic E-state index is 0.140. The molecule has 1 aliphatic carbocycles. The molecule has 0 amide bonds. The van der Waals surface area contributed by atoms with Crippen LogP contribution in [0.2, 0.25) is 0 Å². The largest absolute Gasteiger partial charge is 0.493 e. The Morgan fingerprint density at radius 1 is 1.24 bits per heavy atom. The van der Waals surface area contributed by atoms with Crippen molar-refractivity contribution in [3.8, 4) is 11.5 Å². The molecule has 0 aliphatic heterocycles. The summed E-state index contributed by atoms with van der Waals surface area (Å²) in [7, 11) is 0. The predicted octanol–water partition coefficient (Wildman–Crippen LogP) is 3.93. The molecule has 1 atom stereocenters. The van der Waals surface area contributed by atoms with E-state index in [1.165, 1.54) is 31.2 Å². The summed E-state index contributed by atoms with van der Waals surface area (Å²) in [6.07, 6.45) is 7.15. The summed E-state index contributed by atoms with van der Waals surface area (Å²) in [5.41, 5.74) is 7.13. The van der Waals surface area contributed by atoms with E-state index in [1.54, 1.807) is 0 Å². The lowest BCUT2D eigenvalue weighted by molar-refractivity contribution is 0.247. The Morgan fingerprint density at radius 2 is 2.00 bits per heavy atom. The third-order valence-electron chi connectivity index (χ3n) is 4.00. The maximum absolute atomic E-state index is 6.11. The van der Waals surface area contributed by atoms with Gasteiger partial charge in [-0.15, -0.1) is 0 Å². The van der Waals surface area contributed by atoms with Crippen LogP contribution in [0.1, 0.15) is 51.5 Å². The molecule has 118 valence electrons. The summed E-state index contributed by atoms with van der Waals surface area (Å²) >= 11 is 0. The van der Waals surface area contributed by atoms with Crippen molar-refractivity contribution >= 4 is 0 Å². The topological polar surface area (TPSA) is 44.5 Å². The van der Waals surface area contributed by atoms with Crippen LogP contribution in [0, 0.1) is 5.92 Å². The van der Waals surface area contributed by atoms with Crippen molar-refractivity contribution in [2.45, 2.75) is 58.4 Å². The molecule has 1 saturated carbocycles. The smallest absolute Gasteiger partial charge is 0.126 e. The molecule has 0 radical (unpaired) electrons. The van der Waals surface area contributed by atoms with Gasteiger partial charge in [-0.25, -0.2) is 0 Å². The molecule has 1 aromatic rings. The molecular weight excluding hydrogens is 262 g/mol. The van der Waals surface area contributed by atoms with E-state index in [0.29, 0.717) is 5.92 Å². The minimum atomic E-state index is 0.140. The van der Waals surface area contributed by atoms with Crippen molar-refractivity contribution in [3.63, 3.8) is 0 Å². The first-order valence-corrected chi connectivity index (χ1v) is 8.33.